The summed E-state index contributed by atoms with van der Waals surface area (Å²) in [5.41, 5.74) is 1.71. The highest BCUT2D eigenvalue weighted by Crippen LogP contribution is 2.21. The zero-order chi connectivity index (χ0) is 17.2. The van der Waals surface area contributed by atoms with Crippen molar-refractivity contribution in [3.05, 3.63) is 60.2 Å². The van der Waals surface area contributed by atoms with E-state index in [4.69, 9.17) is 4.74 Å². The van der Waals surface area contributed by atoms with Crippen LogP contribution in [0.2, 0.25) is 0 Å². The lowest BCUT2D eigenvalue weighted by atomic mass is 10.2. The first kappa shape index (κ1) is 16.5. The van der Waals surface area contributed by atoms with Gasteiger partial charge >= 0.3 is 6.09 Å². The number of cyclic esters (lactones) is 1. The lowest BCUT2D eigenvalue weighted by Gasteiger charge is -2.13. The quantitative estimate of drug-likeness (QED) is 0.901. The fourth-order valence-corrected chi connectivity index (χ4v) is 3.52. The Bertz CT molecular complexity index is 819. The van der Waals surface area contributed by atoms with Crippen molar-refractivity contribution in [1.29, 1.82) is 0 Å². The number of nitrogens with zero attached hydrogens (tertiary/aromatic N) is 1. The molecule has 1 amide bonds. The molecule has 1 heterocycles. The number of hydrogen-bond acceptors (Lipinski definition) is 4. The average molecular weight is 346 g/mol. The van der Waals surface area contributed by atoms with Gasteiger partial charge in [-0.3, -0.25) is 4.90 Å². The van der Waals surface area contributed by atoms with Gasteiger partial charge in [0.2, 0.25) is 10.0 Å². The zero-order valence-corrected chi connectivity index (χ0v) is 14.0. The highest BCUT2D eigenvalue weighted by Gasteiger charge is 2.33. The van der Waals surface area contributed by atoms with E-state index in [1.807, 2.05) is 25.1 Å². The lowest BCUT2D eigenvalue weighted by molar-refractivity contribution is 0.143. The number of benzene rings is 2. The number of carbonyl (C=O) groups is 1. The van der Waals surface area contributed by atoms with Crippen molar-refractivity contribution in [2.45, 2.75) is 17.9 Å². The number of hydrogen-bond donors (Lipinski definition) is 1. The molecule has 1 aliphatic rings. The van der Waals surface area contributed by atoms with Crippen molar-refractivity contribution in [3.8, 4) is 0 Å². The Kier molecular flexibility index (Phi) is 4.55. The number of amides is 1. The summed E-state index contributed by atoms with van der Waals surface area (Å²) in [4.78, 5) is 13.6. The minimum absolute atomic E-state index is 0.0330. The first-order valence-corrected chi connectivity index (χ1v) is 9.03. The molecule has 0 aliphatic carbocycles. The van der Waals surface area contributed by atoms with Crippen molar-refractivity contribution in [1.82, 2.24) is 4.72 Å². The van der Waals surface area contributed by atoms with Gasteiger partial charge in [-0.2, -0.15) is 0 Å². The molecule has 0 unspecified atom stereocenters. The Balaban J connectivity index is 1.63. The maximum Gasteiger partial charge on any atom is 0.414 e. The van der Waals surface area contributed by atoms with Crippen LogP contribution in [0.1, 0.15) is 5.56 Å². The first-order chi connectivity index (χ1) is 11.5. The Morgan fingerprint density at radius 2 is 1.79 bits per heavy atom. The third kappa shape index (κ3) is 3.58. The van der Waals surface area contributed by atoms with Crippen molar-refractivity contribution in [2.75, 3.05) is 18.0 Å². The number of anilines is 1. The highest BCUT2D eigenvalue weighted by molar-refractivity contribution is 7.89. The second-order valence-electron chi connectivity index (χ2n) is 5.62. The average Bonchev–Trinajstić information content (AvgIpc) is 2.95. The van der Waals surface area contributed by atoms with Crippen LogP contribution in [0.15, 0.2) is 59.5 Å². The Morgan fingerprint density at radius 3 is 2.46 bits per heavy atom. The van der Waals surface area contributed by atoms with Crippen molar-refractivity contribution < 1.29 is 17.9 Å². The standard InChI is InChI=1S/C17H18N2O4S/c1-13-7-9-16(10-8-13)24(21,22)18-11-15-12-19(17(20)23-15)14-5-3-2-4-6-14/h2-10,15,18H,11-12H2,1H3/t15-/m0/s1. The van der Waals surface area contributed by atoms with Gasteiger partial charge < -0.3 is 4.74 Å². The second-order valence-corrected chi connectivity index (χ2v) is 7.38. The molecule has 0 radical (unpaired) electrons. The summed E-state index contributed by atoms with van der Waals surface area (Å²) in [6.45, 7) is 2.23. The molecule has 2 aromatic rings. The Morgan fingerprint density at radius 1 is 1.12 bits per heavy atom. The van der Waals surface area contributed by atoms with Crippen LogP contribution in [0.4, 0.5) is 10.5 Å². The molecule has 0 aromatic heterocycles. The van der Waals surface area contributed by atoms with E-state index in [-0.39, 0.29) is 11.4 Å². The molecule has 0 bridgehead atoms. The van der Waals surface area contributed by atoms with E-state index < -0.39 is 22.2 Å². The van der Waals surface area contributed by atoms with Crippen molar-refractivity contribution in [2.24, 2.45) is 0 Å². The summed E-state index contributed by atoms with van der Waals surface area (Å²) < 4.78 is 32.3. The number of rotatable bonds is 5. The third-order valence-corrected chi connectivity index (χ3v) is 5.21. The molecule has 2 aromatic carbocycles. The Hall–Kier alpha value is -2.38. The van der Waals surface area contributed by atoms with Crippen LogP contribution >= 0.6 is 0 Å². The summed E-state index contributed by atoms with van der Waals surface area (Å²) in [7, 11) is -3.62. The number of ether oxygens (including phenoxy) is 1. The van der Waals surface area contributed by atoms with Crippen LogP contribution in [0.25, 0.3) is 0 Å². The lowest BCUT2D eigenvalue weighted by Crippen LogP contribution is -2.34. The van der Waals surface area contributed by atoms with Crippen LogP contribution in [0, 0.1) is 6.92 Å². The van der Waals surface area contributed by atoms with Crippen molar-refractivity contribution in [3.63, 3.8) is 0 Å². The fraction of sp³-hybridized carbons (Fsp3) is 0.235. The number of para-hydroxylation sites is 1. The normalized spacial score (nSPS) is 17.8. The van der Waals surface area contributed by atoms with Gasteiger partial charge in [-0.05, 0) is 31.2 Å². The Labute approximate surface area is 141 Å². The molecular formula is C17H18N2O4S. The summed E-state index contributed by atoms with van der Waals surface area (Å²) in [6.07, 6.45) is -1.00. The molecule has 1 N–H and O–H groups in total. The summed E-state index contributed by atoms with van der Waals surface area (Å²) in [6, 6.07) is 15.7. The molecule has 24 heavy (non-hydrogen) atoms. The molecule has 3 rings (SSSR count). The molecule has 126 valence electrons. The van der Waals surface area contributed by atoms with E-state index in [0.29, 0.717) is 6.54 Å². The second kappa shape index (κ2) is 6.62. The largest absolute Gasteiger partial charge is 0.443 e. The van der Waals surface area contributed by atoms with Gasteiger partial charge in [0.1, 0.15) is 6.10 Å². The van der Waals surface area contributed by atoms with E-state index in [2.05, 4.69) is 4.72 Å². The molecule has 0 spiro atoms. The number of nitrogens with one attached hydrogen (secondary N) is 1. The van der Waals surface area contributed by atoms with E-state index >= 15 is 0 Å². The van der Waals surface area contributed by atoms with E-state index in [1.165, 1.54) is 4.90 Å². The predicted octanol–water partition coefficient (Wildman–Crippen LogP) is 2.30. The monoisotopic (exact) mass is 346 g/mol. The molecule has 1 saturated heterocycles. The number of sulfonamides is 1. The van der Waals surface area contributed by atoms with Gasteiger partial charge in [-0.15, -0.1) is 0 Å². The van der Waals surface area contributed by atoms with Gasteiger partial charge in [-0.1, -0.05) is 35.9 Å². The SMILES string of the molecule is Cc1ccc(S(=O)(=O)NC[C@H]2CN(c3ccccc3)C(=O)O2)cc1. The molecule has 6 nitrogen and oxygen atoms in total. The number of carbonyl (C=O) groups excluding carboxylic acids is 1. The van der Waals surface area contributed by atoms with Gasteiger partial charge in [-0.25, -0.2) is 17.9 Å². The predicted molar refractivity (Wildman–Crippen MR) is 90.4 cm³/mol. The third-order valence-electron chi connectivity index (χ3n) is 3.77. The van der Waals surface area contributed by atoms with Crippen LogP contribution in [-0.2, 0) is 14.8 Å². The maximum atomic E-state index is 12.3. The summed E-state index contributed by atoms with van der Waals surface area (Å²) in [5, 5.41) is 0. The minimum Gasteiger partial charge on any atom is -0.443 e. The van der Waals surface area contributed by atoms with Gasteiger partial charge in [0, 0.05) is 12.2 Å². The number of aryl methyl sites for hydroxylation is 1. The maximum absolute atomic E-state index is 12.3. The summed E-state index contributed by atoms with van der Waals surface area (Å²) in [5.74, 6) is 0. The molecule has 7 heteroatoms. The van der Waals surface area contributed by atoms with Crippen LogP contribution < -0.4 is 9.62 Å². The summed E-state index contributed by atoms with van der Waals surface area (Å²) >= 11 is 0. The van der Waals surface area contributed by atoms with Gasteiger partial charge in [0.05, 0.1) is 11.4 Å². The van der Waals surface area contributed by atoms with E-state index in [9.17, 15) is 13.2 Å². The smallest absolute Gasteiger partial charge is 0.414 e. The zero-order valence-electron chi connectivity index (χ0n) is 13.2. The molecule has 0 saturated carbocycles. The molecule has 1 fully saturated rings. The van der Waals surface area contributed by atoms with E-state index in [1.54, 1.807) is 36.4 Å². The first-order valence-electron chi connectivity index (χ1n) is 7.55. The highest BCUT2D eigenvalue weighted by atomic mass is 32.2. The van der Waals surface area contributed by atoms with E-state index in [0.717, 1.165) is 11.3 Å². The molecule has 1 atom stereocenters. The molecule has 1 aliphatic heterocycles. The van der Waals surface area contributed by atoms with Gasteiger partial charge in [0.15, 0.2) is 0 Å². The van der Waals surface area contributed by atoms with Crippen LogP contribution in [0.3, 0.4) is 0 Å². The van der Waals surface area contributed by atoms with Crippen LogP contribution in [0.5, 0.6) is 0 Å². The topological polar surface area (TPSA) is 75.7 Å². The minimum atomic E-state index is -3.62. The van der Waals surface area contributed by atoms with Crippen LogP contribution in [-0.4, -0.2) is 33.7 Å². The van der Waals surface area contributed by atoms with Gasteiger partial charge in [0.25, 0.3) is 0 Å². The van der Waals surface area contributed by atoms with Crippen molar-refractivity contribution >= 4 is 21.8 Å². The fourth-order valence-electron chi connectivity index (χ4n) is 2.45. The molecular weight excluding hydrogens is 328 g/mol.